The van der Waals surface area contributed by atoms with Crippen LogP contribution in [0.3, 0.4) is 0 Å². The van der Waals surface area contributed by atoms with Crippen molar-refractivity contribution in [2.45, 2.75) is 32.7 Å². The fourth-order valence-electron chi connectivity index (χ4n) is 3.89. The van der Waals surface area contributed by atoms with E-state index < -0.39 is 0 Å². The number of carbonyl (C=O) groups excluding carboxylic acids is 1. The second kappa shape index (κ2) is 6.36. The summed E-state index contributed by atoms with van der Waals surface area (Å²) >= 11 is 0. The SMILES string of the molecule is Cc1ccccc1CC(=O)N1CC[C@@H](n2c(C)nc3ccccc32)C1. The predicted molar refractivity (Wildman–Crippen MR) is 99.6 cm³/mol. The van der Waals surface area contributed by atoms with Gasteiger partial charge in [-0.25, -0.2) is 4.98 Å². The van der Waals surface area contributed by atoms with Crippen LogP contribution < -0.4 is 0 Å². The number of fused-ring (bicyclic) bond motifs is 1. The highest BCUT2D eigenvalue weighted by molar-refractivity contribution is 5.80. The van der Waals surface area contributed by atoms with E-state index in [1.807, 2.05) is 29.2 Å². The number of amides is 1. The van der Waals surface area contributed by atoms with Crippen LogP contribution in [0.5, 0.6) is 0 Å². The quantitative estimate of drug-likeness (QED) is 0.733. The predicted octanol–water partition coefficient (Wildman–Crippen LogP) is 3.67. The van der Waals surface area contributed by atoms with Gasteiger partial charge in [0.05, 0.1) is 23.5 Å². The van der Waals surface area contributed by atoms with E-state index in [-0.39, 0.29) is 5.91 Å². The average Bonchev–Trinajstić information content (AvgIpc) is 3.20. The largest absolute Gasteiger partial charge is 0.340 e. The van der Waals surface area contributed by atoms with Gasteiger partial charge >= 0.3 is 0 Å². The molecule has 1 aliphatic rings. The van der Waals surface area contributed by atoms with Crippen LogP contribution in [0.4, 0.5) is 0 Å². The zero-order valence-electron chi connectivity index (χ0n) is 14.8. The van der Waals surface area contributed by atoms with Crippen LogP contribution in [0.15, 0.2) is 48.5 Å². The number of benzene rings is 2. The molecule has 4 rings (SSSR count). The fourth-order valence-corrected chi connectivity index (χ4v) is 3.89. The number of imidazole rings is 1. The first-order chi connectivity index (χ1) is 12.1. The summed E-state index contributed by atoms with van der Waals surface area (Å²) in [7, 11) is 0. The molecule has 0 saturated carbocycles. The van der Waals surface area contributed by atoms with Gasteiger partial charge in [-0.1, -0.05) is 36.4 Å². The second-order valence-electron chi connectivity index (χ2n) is 6.90. The molecule has 3 aromatic rings. The maximum Gasteiger partial charge on any atom is 0.227 e. The van der Waals surface area contributed by atoms with Gasteiger partial charge in [-0.3, -0.25) is 4.79 Å². The summed E-state index contributed by atoms with van der Waals surface area (Å²) in [5.41, 5.74) is 4.51. The van der Waals surface area contributed by atoms with Crippen LogP contribution in [-0.2, 0) is 11.2 Å². The summed E-state index contributed by atoms with van der Waals surface area (Å²) in [5.74, 6) is 1.25. The smallest absolute Gasteiger partial charge is 0.227 e. The number of aromatic nitrogens is 2. The fraction of sp³-hybridized carbons (Fsp3) is 0.333. The summed E-state index contributed by atoms with van der Waals surface area (Å²) < 4.78 is 2.30. The zero-order valence-corrected chi connectivity index (χ0v) is 14.8. The Labute approximate surface area is 148 Å². The maximum absolute atomic E-state index is 12.7. The summed E-state index contributed by atoms with van der Waals surface area (Å²) in [5, 5.41) is 0. The molecule has 1 aliphatic heterocycles. The van der Waals surface area contributed by atoms with Gasteiger partial charge < -0.3 is 9.47 Å². The summed E-state index contributed by atoms with van der Waals surface area (Å²) in [6.07, 6.45) is 1.48. The molecular formula is C21H23N3O. The number of hydrogen-bond donors (Lipinski definition) is 0. The Morgan fingerprint density at radius 2 is 1.88 bits per heavy atom. The average molecular weight is 333 g/mol. The van der Waals surface area contributed by atoms with Crippen LogP contribution in [0.25, 0.3) is 11.0 Å². The van der Waals surface area contributed by atoms with E-state index in [0.717, 1.165) is 36.4 Å². The van der Waals surface area contributed by atoms with Crippen LogP contribution >= 0.6 is 0 Å². The molecule has 0 aliphatic carbocycles. The van der Waals surface area contributed by atoms with Crippen molar-refractivity contribution in [3.05, 3.63) is 65.5 Å². The molecular weight excluding hydrogens is 310 g/mol. The minimum Gasteiger partial charge on any atom is -0.340 e. The monoisotopic (exact) mass is 333 g/mol. The van der Waals surface area contributed by atoms with Crippen LogP contribution in [0, 0.1) is 13.8 Å². The number of rotatable bonds is 3. The molecule has 2 aromatic carbocycles. The van der Waals surface area contributed by atoms with E-state index >= 15 is 0 Å². The Kier molecular flexibility index (Phi) is 4.04. The third-order valence-electron chi connectivity index (χ3n) is 5.26. The highest BCUT2D eigenvalue weighted by Crippen LogP contribution is 2.28. The summed E-state index contributed by atoms with van der Waals surface area (Å²) in [6.45, 7) is 5.71. The number of carbonyl (C=O) groups is 1. The molecule has 0 bridgehead atoms. The number of nitrogens with zero attached hydrogens (tertiary/aromatic N) is 3. The van der Waals surface area contributed by atoms with Crippen LogP contribution in [0.1, 0.15) is 29.4 Å². The molecule has 2 heterocycles. The minimum absolute atomic E-state index is 0.221. The first-order valence-corrected chi connectivity index (χ1v) is 8.89. The number of likely N-dealkylation sites (tertiary alicyclic amines) is 1. The number of para-hydroxylation sites is 2. The van der Waals surface area contributed by atoms with Crippen molar-refractivity contribution in [3.63, 3.8) is 0 Å². The molecule has 1 fully saturated rings. The van der Waals surface area contributed by atoms with Crippen LogP contribution in [-0.4, -0.2) is 33.4 Å². The van der Waals surface area contributed by atoms with E-state index in [4.69, 9.17) is 0 Å². The van der Waals surface area contributed by atoms with Crippen molar-refractivity contribution in [1.82, 2.24) is 14.5 Å². The summed E-state index contributed by atoms with van der Waals surface area (Å²) in [4.78, 5) is 19.4. The van der Waals surface area contributed by atoms with Gasteiger partial charge in [-0.15, -0.1) is 0 Å². The molecule has 1 amide bonds. The molecule has 4 heteroatoms. The first kappa shape index (κ1) is 15.9. The topological polar surface area (TPSA) is 38.1 Å². The lowest BCUT2D eigenvalue weighted by atomic mass is 10.1. The van der Waals surface area contributed by atoms with Gasteiger partial charge in [-0.05, 0) is 43.5 Å². The third kappa shape index (κ3) is 2.93. The molecule has 0 spiro atoms. The van der Waals surface area contributed by atoms with E-state index in [0.29, 0.717) is 12.5 Å². The molecule has 1 saturated heterocycles. The van der Waals surface area contributed by atoms with E-state index in [1.54, 1.807) is 0 Å². The standard InChI is InChI=1S/C21H23N3O/c1-15-7-3-4-8-17(15)13-21(25)23-12-11-18(14-23)24-16(2)22-19-9-5-6-10-20(19)24/h3-10,18H,11-14H2,1-2H3/t18-/m1/s1. The minimum atomic E-state index is 0.221. The van der Waals surface area contributed by atoms with Gasteiger partial charge in [0.2, 0.25) is 5.91 Å². The molecule has 1 aromatic heterocycles. The second-order valence-corrected chi connectivity index (χ2v) is 6.90. The van der Waals surface area contributed by atoms with Crippen molar-refractivity contribution in [2.75, 3.05) is 13.1 Å². The van der Waals surface area contributed by atoms with E-state index in [9.17, 15) is 4.79 Å². The van der Waals surface area contributed by atoms with Gasteiger partial charge in [0, 0.05) is 13.1 Å². The Morgan fingerprint density at radius 3 is 2.72 bits per heavy atom. The van der Waals surface area contributed by atoms with Gasteiger partial charge in [0.15, 0.2) is 0 Å². The maximum atomic E-state index is 12.7. The Hall–Kier alpha value is -2.62. The lowest BCUT2D eigenvalue weighted by Crippen LogP contribution is -2.30. The molecule has 0 unspecified atom stereocenters. The molecule has 1 atom stereocenters. The van der Waals surface area contributed by atoms with Gasteiger partial charge in [0.1, 0.15) is 5.82 Å². The number of hydrogen-bond acceptors (Lipinski definition) is 2. The van der Waals surface area contributed by atoms with Crippen molar-refractivity contribution < 1.29 is 4.79 Å². The Morgan fingerprint density at radius 1 is 1.12 bits per heavy atom. The normalized spacial score (nSPS) is 17.4. The zero-order chi connectivity index (χ0) is 17.4. The van der Waals surface area contributed by atoms with Crippen LogP contribution in [0.2, 0.25) is 0 Å². The molecule has 4 nitrogen and oxygen atoms in total. The number of aryl methyl sites for hydroxylation is 2. The molecule has 128 valence electrons. The summed E-state index contributed by atoms with van der Waals surface area (Å²) in [6, 6.07) is 16.7. The molecule has 0 N–H and O–H groups in total. The highest BCUT2D eigenvalue weighted by Gasteiger charge is 2.29. The Bertz CT molecular complexity index is 928. The van der Waals surface area contributed by atoms with Gasteiger partial charge in [-0.2, -0.15) is 0 Å². The van der Waals surface area contributed by atoms with Crippen molar-refractivity contribution in [2.24, 2.45) is 0 Å². The first-order valence-electron chi connectivity index (χ1n) is 8.89. The van der Waals surface area contributed by atoms with Crippen molar-refractivity contribution >= 4 is 16.9 Å². The lowest BCUT2D eigenvalue weighted by Gasteiger charge is -2.19. The van der Waals surface area contributed by atoms with Crippen molar-refractivity contribution in [1.29, 1.82) is 0 Å². The lowest BCUT2D eigenvalue weighted by molar-refractivity contribution is -0.129. The van der Waals surface area contributed by atoms with E-state index in [1.165, 1.54) is 11.1 Å². The van der Waals surface area contributed by atoms with E-state index in [2.05, 4.69) is 47.7 Å². The Balaban J connectivity index is 1.52. The molecule has 0 radical (unpaired) electrons. The highest BCUT2D eigenvalue weighted by atomic mass is 16.2. The molecule has 25 heavy (non-hydrogen) atoms. The van der Waals surface area contributed by atoms with Gasteiger partial charge in [0.25, 0.3) is 0 Å². The van der Waals surface area contributed by atoms with Crippen molar-refractivity contribution in [3.8, 4) is 0 Å². The third-order valence-corrected chi connectivity index (χ3v) is 5.26.